The number of carbonyl (C=O) groups is 2. The Labute approximate surface area is 250 Å². The van der Waals surface area contributed by atoms with Crippen LogP contribution in [0.5, 0.6) is 6.01 Å². The summed E-state index contributed by atoms with van der Waals surface area (Å²) < 4.78 is 45.0. The van der Waals surface area contributed by atoms with Gasteiger partial charge in [-0.15, -0.1) is 0 Å². The SMILES string of the molecule is CC(C)(COCc1ccccc1)C(OCc1ccccc1)C(=O)Nc1ccccc1S(=O)(=O)NC(=O)Oc1ncccn1. The molecule has 0 radical (unpaired) electrons. The number of sulfonamides is 1. The molecule has 1 unspecified atom stereocenters. The summed E-state index contributed by atoms with van der Waals surface area (Å²) in [6.45, 7) is 4.31. The monoisotopic (exact) mass is 604 g/mol. The number of carbonyl (C=O) groups excluding carboxylic acids is 2. The number of hydrogen-bond acceptors (Lipinski definition) is 9. The lowest BCUT2D eigenvalue weighted by atomic mass is 9.86. The van der Waals surface area contributed by atoms with Crippen LogP contribution in [0.1, 0.15) is 25.0 Å². The van der Waals surface area contributed by atoms with Crippen molar-refractivity contribution in [1.82, 2.24) is 14.7 Å². The van der Waals surface area contributed by atoms with E-state index in [0.717, 1.165) is 11.1 Å². The van der Waals surface area contributed by atoms with Gasteiger partial charge in [0.1, 0.15) is 11.0 Å². The number of aromatic nitrogens is 2. The Morgan fingerprint density at radius 3 is 2.05 bits per heavy atom. The highest BCUT2D eigenvalue weighted by Gasteiger charge is 2.37. The van der Waals surface area contributed by atoms with Gasteiger partial charge < -0.3 is 19.5 Å². The van der Waals surface area contributed by atoms with E-state index in [1.165, 1.54) is 36.7 Å². The van der Waals surface area contributed by atoms with E-state index in [9.17, 15) is 18.0 Å². The first-order valence-corrected chi connectivity index (χ1v) is 14.8. The maximum absolute atomic E-state index is 13.7. The van der Waals surface area contributed by atoms with Crippen LogP contribution in [0.25, 0.3) is 0 Å². The largest absolute Gasteiger partial charge is 0.429 e. The Kier molecular flexibility index (Phi) is 10.5. The Morgan fingerprint density at radius 1 is 0.814 bits per heavy atom. The molecule has 1 heterocycles. The van der Waals surface area contributed by atoms with Gasteiger partial charge >= 0.3 is 12.1 Å². The van der Waals surface area contributed by atoms with Crippen molar-refractivity contribution in [3.05, 3.63) is 115 Å². The van der Waals surface area contributed by atoms with Crippen LogP contribution in [-0.2, 0) is 37.5 Å². The van der Waals surface area contributed by atoms with Crippen LogP contribution in [0.2, 0.25) is 0 Å². The summed E-state index contributed by atoms with van der Waals surface area (Å²) in [6.07, 6.45) is 0.305. The van der Waals surface area contributed by atoms with Gasteiger partial charge in [0.2, 0.25) is 0 Å². The van der Waals surface area contributed by atoms with E-state index in [1.54, 1.807) is 6.07 Å². The summed E-state index contributed by atoms with van der Waals surface area (Å²) in [5, 5.41) is 2.67. The maximum Gasteiger partial charge on any atom is 0.429 e. The summed E-state index contributed by atoms with van der Waals surface area (Å²) in [5.41, 5.74) is 0.945. The summed E-state index contributed by atoms with van der Waals surface area (Å²) in [7, 11) is -4.48. The van der Waals surface area contributed by atoms with Gasteiger partial charge in [-0.05, 0) is 29.3 Å². The molecular formula is C31H32N4O7S. The van der Waals surface area contributed by atoms with Crippen molar-refractivity contribution in [3.63, 3.8) is 0 Å². The first kappa shape index (κ1) is 31.3. The minimum Gasteiger partial charge on any atom is -0.376 e. The molecule has 4 rings (SSSR count). The fourth-order valence-electron chi connectivity index (χ4n) is 4.10. The van der Waals surface area contributed by atoms with Crippen molar-refractivity contribution in [2.75, 3.05) is 11.9 Å². The molecule has 1 aromatic heterocycles. The summed E-state index contributed by atoms with van der Waals surface area (Å²) in [6, 6.07) is 25.8. The number of nitrogens with zero attached hydrogens (tertiary/aromatic N) is 2. The fraction of sp³-hybridized carbons (Fsp3) is 0.226. The van der Waals surface area contributed by atoms with Gasteiger partial charge in [-0.2, -0.15) is 0 Å². The van der Waals surface area contributed by atoms with Crippen molar-refractivity contribution >= 4 is 27.7 Å². The molecule has 224 valence electrons. The number of benzene rings is 3. The first-order valence-electron chi connectivity index (χ1n) is 13.3. The summed E-state index contributed by atoms with van der Waals surface area (Å²) in [4.78, 5) is 33.1. The van der Waals surface area contributed by atoms with Crippen LogP contribution >= 0.6 is 0 Å². The summed E-state index contributed by atoms with van der Waals surface area (Å²) >= 11 is 0. The normalized spacial score (nSPS) is 12.2. The van der Waals surface area contributed by atoms with Crippen molar-refractivity contribution < 1.29 is 32.2 Å². The second kappa shape index (κ2) is 14.5. The molecule has 4 aromatic rings. The lowest BCUT2D eigenvalue weighted by molar-refractivity contribution is -0.141. The molecule has 0 saturated heterocycles. The molecule has 2 amide bonds. The lowest BCUT2D eigenvalue weighted by Gasteiger charge is -2.33. The van der Waals surface area contributed by atoms with Crippen molar-refractivity contribution in [1.29, 1.82) is 0 Å². The third-order valence-electron chi connectivity index (χ3n) is 6.17. The van der Waals surface area contributed by atoms with Gasteiger partial charge in [0.15, 0.2) is 0 Å². The van der Waals surface area contributed by atoms with E-state index in [2.05, 4.69) is 15.3 Å². The van der Waals surface area contributed by atoms with E-state index in [0.29, 0.717) is 6.61 Å². The minimum absolute atomic E-state index is 0.0573. The third kappa shape index (κ3) is 9.17. The Hall–Kier alpha value is -4.65. The predicted octanol–water partition coefficient (Wildman–Crippen LogP) is 4.72. The Balaban J connectivity index is 1.51. The number of rotatable bonds is 13. The molecule has 11 nitrogen and oxygen atoms in total. The second-order valence-electron chi connectivity index (χ2n) is 10.2. The van der Waals surface area contributed by atoms with Crippen LogP contribution in [0.3, 0.4) is 0 Å². The van der Waals surface area contributed by atoms with Gasteiger partial charge in [-0.25, -0.2) is 27.9 Å². The zero-order valence-electron chi connectivity index (χ0n) is 23.7. The van der Waals surface area contributed by atoms with Crippen molar-refractivity contribution in [2.45, 2.75) is 38.1 Å². The fourth-order valence-corrected chi connectivity index (χ4v) is 5.14. The van der Waals surface area contributed by atoms with E-state index < -0.39 is 33.5 Å². The molecule has 0 aliphatic carbocycles. The van der Waals surface area contributed by atoms with Crippen LogP contribution in [0, 0.1) is 5.41 Å². The number of hydrogen-bond donors (Lipinski definition) is 2. The molecule has 2 N–H and O–H groups in total. The average molecular weight is 605 g/mol. The Morgan fingerprint density at radius 2 is 1.40 bits per heavy atom. The molecule has 0 bridgehead atoms. The zero-order valence-corrected chi connectivity index (χ0v) is 24.5. The molecule has 0 fully saturated rings. The van der Waals surface area contributed by atoms with E-state index in [-0.39, 0.29) is 29.8 Å². The highest BCUT2D eigenvalue weighted by atomic mass is 32.2. The van der Waals surface area contributed by atoms with Gasteiger partial charge in [-0.1, -0.05) is 86.6 Å². The smallest absolute Gasteiger partial charge is 0.376 e. The Bertz CT molecular complexity index is 1600. The van der Waals surface area contributed by atoms with E-state index >= 15 is 0 Å². The molecule has 12 heteroatoms. The zero-order chi connectivity index (χ0) is 30.7. The van der Waals surface area contributed by atoms with Crippen LogP contribution in [0.4, 0.5) is 10.5 Å². The third-order valence-corrected chi connectivity index (χ3v) is 7.54. The van der Waals surface area contributed by atoms with Gasteiger partial charge in [0.25, 0.3) is 15.9 Å². The molecule has 0 saturated carbocycles. The minimum atomic E-state index is -4.48. The summed E-state index contributed by atoms with van der Waals surface area (Å²) in [5.74, 6) is -0.591. The topological polar surface area (TPSA) is 146 Å². The number of ether oxygens (including phenoxy) is 3. The van der Waals surface area contributed by atoms with E-state index in [1.807, 2.05) is 79.2 Å². The molecule has 0 spiro atoms. The second-order valence-corrected chi connectivity index (χ2v) is 11.8. The molecule has 43 heavy (non-hydrogen) atoms. The molecular weight excluding hydrogens is 572 g/mol. The number of amides is 2. The number of para-hydroxylation sites is 1. The molecule has 0 aliphatic heterocycles. The highest BCUT2D eigenvalue weighted by molar-refractivity contribution is 7.90. The maximum atomic E-state index is 13.7. The quantitative estimate of drug-likeness (QED) is 0.221. The van der Waals surface area contributed by atoms with Crippen LogP contribution in [-0.4, -0.2) is 43.1 Å². The predicted molar refractivity (Wildman–Crippen MR) is 158 cm³/mol. The number of anilines is 1. The van der Waals surface area contributed by atoms with Gasteiger partial charge in [0, 0.05) is 17.8 Å². The van der Waals surface area contributed by atoms with Gasteiger partial charge in [-0.3, -0.25) is 4.79 Å². The van der Waals surface area contributed by atoms with Crippen LogP contribution in [0.15, 0.2) is 108 Å². The molecule has 1 atom stereocenters. The average Bonchev–Trinajstić information content (AvgIpc) is 2.98. The first-order chi connectivity index (χ1) is 20.6. The van der Waals surface area contributed by atoms with Crippen molar-refractivity contribution in [2.24, 2.45) is 5.41 Å². The molecule has 3 aromatic carbocycles. The highest BCUT2D eigenvalue weighted by Crippen LogP contribution is 2.29. The number of nitrogens with one attached hydrogen (secondary N) is 2. The van der Waals surface area contributed by atoms with Crippen molar-refractivity contribution in [3.8, 4) is 6.01 Å². The van der Waals surface area contributed by atoms with Crippen LogP contribution < -0.4 is 14.8 Å². The molecule has 0 aliphatic rings. The van der Waals surface area contributed by atoms with Gasteiger partial charge in [0.05, 0.1) is 25.5 Å². The standard InChI is InChI=1S/C31H32N4O7S/c1-31(2,22-40-20-23-12-5-3-6-13-23)27(41-21-24-14-7-4-8-15-24)28(36)34-25-16-9-10-17-26(25)43(38,39)35-30(37)42-29-32-18-11-19-33-29/h3-19,27H,20-22H2,1-2H3,(H,34,36)(H,35,37). The lowest BCUT2D eigenvalue weighted by Crippen LogP contribution is -2.45. The van der Waals surface area contributed by atoms with E-state index in [4.69, 9.17) is 14.2 Å².